The molecule has 3 aromatic rings. The lowest BCUT2D eigenvalue weighted by molar-refractivity contribution is 0.0387. The summed E-state index contributed by atoms with van der Waals surface area (Å²) in [6.07, 6.45) is -0.679. The highest BCUT2D eigenvalue weighted by Crippen LogP contribution is 2.32. The molecule has 0 spiro atoms. The van der Waals surface area contributed by atoms with Gasteiger partial charge >= 0.3 is 0 Å². The Hall–Kier alpha value is -3.04. The predicted molar refractivity (Wildman–Crippen MR) is 149 cm³/mol. The van der Waals surface area contributed by atoms with Crippen LogP contribution in [0.1, 0.15) is 24.2 Å². The molecule has 0 radical (unpaired) electrons. The van der Waals surface area contributed by atoms with Gasteiger partial charge in [0.15, 0.2) is 0 Å². The summed E-state index contributed by atoms with van der Waals surface area (Å²) >= 11 is 1.10. The van der Waals surface area contributed by atoms with Crippen LogP contribution in [0, 0.1) is 11.7 Å². The summed E-state index contributed by atoms with van der Waals surface area (Å²) in [6, 6.07) is 11.1. The molecule has 2 heterocycles. The second kappa shape index (κ2) is 11.8. The first-order valence-electron chi connectivity index (χ1n) is 12.3. The maximum absolute atomic E-state index is 13.6. The number of hydrogen-bond acceptors (Lipinski definition) is 8. The van der Waals surface area contributed by atoms with Gasteiger partial charge in [0.05, 0.1) is 29.7 Å². The number of halogens is 1. The third-order valence-corrected chi connectivity index (χ3v) is 11.2. The van der Waals surface area contributed by atoms with Crippen molar-refractivity contribution in [3.8, 4) is 5.75 Å². The highest BCUT2D eigenvalue weighted by atomic mass is 32.2. The van der Waals surface area contributed by atoms with Crippen LogP contribution in [0.4, 0.5) is 10.1 Å². The number of rotatable bonds is 9. The largest absolute Gasteiger partial charge is 0.488 e. The fourth-order valence-electron chi connectivity index (χ4n) is 4.25. The fraction of sp³-hybridized carbons (Fsp3) is 0.346. The molecule has 0 fully saturated rings. The van der Waals surface area contributed by atoms with E-state index in [0.717, 1.165) is 35.6 Å². The topological polar surface area (TPSA) is 133 Å². The number of benzene rings is 2. The van der Waals surface area contributed by atoms with Crippen molar-refractivity contribution >= 4 is 43.0 Å². The minimum Gasteiger partial charge on any atom is -0.488 e. The summed E-state index contributed by atoms with van der Waals surface area (Å²) in [5.41, 5.74) is 0.111. The number of nitrogens with one attached hydrogen (secondary N) is 1. The van der Waals surface area contributed by atoms with E-state index in [1.54, 1.807) is 18.4 Å². The molecule has 0 saturated carbocycles. The number of nitrogens with zero attached hydrogens (tertiary/aromatic N) is 2. The zero-order valence-electron chi connectivity index (χ0n) is 22.0. The number of aliphatic hydroxyl groups excluding tert-OH is 1. The standard InChI is InChI=1S/C26H30FN3O7S3/c1-17-14-30(18(2)16-31)26(32)22-13-20(28-39(33,34)21-9-6-19(27)7-10-21)8-11-23(22)37-24(17)15-29(3)40(35,36)25-5-4-12-38-25/h4-13,17-18,24,28,31H,14-16H2,1-3H3/t17-,18-,24-/m1/s1. The van der Waals surface area contributed by atoms with Crippen molar-refractivity contribution < 1.29 is 35.9 Å². The Morgan fingerprint density at radius 2 is 1.88 bits per heavy atom. The van der Waals surface area contributed by atoms with E-state index < -0.39 is 43.9 Å². The number of sulfonamides is 2. The Balaban J connectivity index is 1.68. The minimum atomic E-state index is -4.09. The Labute approximate surface area is 237 Å². The lowest BCUT2D eigenvalue weighted by Gasteiger charge is -2.38. The Morgan fingerprint density at radius 1 is 1.18 bits per heavy atom. The van der Waals surface area contributed by atoms with E-state index in [2.05, 4.69) is 4.72 Å². The van der Waals surface area contributed by atoms with Gasteiger partial charge in [-0.25, -0.2) is 21.2 Å². The number of fused-ring (bicyclic) bond motifs is 1. The van der Waals surface area contributed by atoms with Gasteiger partial charge in [-0.15, -0.1) is 11.3 Å². The van der Waals surface area contributed by atoms with Crippen LogP contribution in [0.5, 0.6) is 5.75 Å². The third-order valence-electron chi connectivity index (χ3n) is 6.64. The minimum absolute atomic E-state index is 0.0185. The van der Waals surface area contributed by atoms with Crippen molar-refractivity contribution in [3.05, 3.63) is 71.4 Å². The molecule has 10 nitrogen and oxygen atoms in total. The number of anilines is 1. The molecule has 40 heavy (non-hydrogen) atoms. The molecule has 0 bridgehead atoms. The Kier molecular flexibility index (Phi) is 8.85. The second-order valence-corrected chi connectivity index (χ2v) is 14.5. The van der Waals surface area contributed by atoms with E-state index in [-0.39, 0.29) is 51.7 Å². The van der Waals surface area contributed by atoms with Gasteiger partial charge in [0, 0.05) is 25.2 Å². The normalized spacial score (nSPS) is 18.9. The molecule has 0 saturated heterocycles. The van der Waals surface area contributed by atoms with Crippen molar-refractivity contribution in [3.63, 3.8) is 0 Å². The summed E-state index contributed by atoms with van der Waals surface area (Å²) in [4.78, 5) is 14.9. The van der Waals surface area contributed by atoms with Gasteiger partial charge in [0.25, 0.3) is 26.0 Å². The van der Waals surface area contributed by atoms with Crippen LogP contribution < -0.4 is 9.46 Å². The van der Waals surface area contributed by atoms with E-state index in [1.165, 1.54) is 40.5 Å². The monoisotopic (exact) mass is 611 g/mol. The average Bonchev–Trinajstić information content (AvgIpc) is 3.47. The van der Waals surface area contributed by atoms with E-state index in [1.807, 2.05) is 6.92 Å². The Morgan fingerprint density at radius 3 is 2.50 bits per heavy atom. The predicted octanol–water partition coefficient (Wildman–Crippen LogP) is 3.23. The number of thiophene rings is 1. The lowest BCUT2D eigenvalue weighted by atomic mass is 9.99. The van der Waals surface area contributed by atoms with E-state index >= 15 is 0 Å². The number of carbonyl (C=O) groups is 1. The van der Waals surface area contributed by atoms with E-state index in [0.29, 0.717) is 0 Å². The summed E-state index contributed by atoms with van der Waals surface area (Å²) in [7, 11) is -6.40. The first-order valence-corrected chi connectivity index (χ1v) is 16.1. The second-order valence-electron chi connectivity index (χ2n) is 9.61. The van der Waals surface area contributed by atoms with Gasteiger partial charge < -0.3 is 14.7 Å². The number of carbonyl (C=O) groups excluding carboxylic acids is 1. The van der Waals surface area contributed by atoms with Gasteiger partial charge in [0.2, 0.25) is 0 Å². The molecule has 0 unspecified atom stereocenters. The van der Waals surface area contributed by atoms with Crippen molar-refractivity contribution in [1.82, 2.24) is 9.21 Å². The smallest absolute Gasteiger partial charge is 0.261 e. The van der Waals surface area contributed by atoms with Crippen LogP contribution in [-0.4, -0.2) is 75.9 Å². The summed E-state index contributed by atoms with van der Waals surface area (Å²) < 4.78 is 75.1. The molecule has 14 heteroatoms. The van der Waals surface area contributed by atoms with Gasteiger partial charge in [0.1, 0.15) is 21.9 Å². The van der Waals surface area contributed by atoms with E-state index in [9.17, 15) is 31.1 Å². The van der Waals surface area contributed by atoms with E-state index in [4.69, 9.17) is 4.74 Å². The summed E-state index contributed by atoms with van der Waals surface area (Å²) in [6.45, 7) is 3.33. The molecule has 1 aliphatic heterocycles. The average molecular weight is 612 g/mol. The molecule has 0 aliphatic carbocycles. The molecule has 1 aromatic heterocycles. The number of ether oxygens (including phenoxy) is 1. The van der Waals surface area contributed by atoms with Crippen LogP contribution in [0.15, 0.2) is 69.1 Å². The van der Waals surface area contributed by atoms with Crippen LogP contribution in [0.3, 0.4) is 0 Å². The summed E-state index contributed by atoms with van der Waals surface area (Å²) in [5, 5.41) is 11.5. The quantitative estimate of drug-likeness (QED) is 0.380. The van der Waals surface area contributed by atoms with Crippen LogP contribution in [0.25, 0.3) is 0 Å². The number of amides is 1. The molecule has 3 atom stereocenters. The zero-order chi connectivity index (χ0) is 29.2. The maximum atomic E-state index is 13.6. The molecule has 1 aliphatic rings. The third kappa shape index (κ3) is 6.31. The van der Waals surface area contributed by atoms with Crippen LogP contribution in [-0.2, 0) is 20.0 Å². The Bertz CT molecular complexity index is 1560. The molecule has 2 aromatic carbocycles. The zero-order valence-corrected chi connectivity index (χ0v) is 24.5. The van der Waals surface area contributed by atoms with Crippen molar-refractivity contribution in [2.75, 3.05) is 31.5 Å². The first kappa shape index (κ1) is 29.9. The van der Waals surface area contributed by atoms with Crippen molar-refractivity contribution in [2.45, 2.75) is 35.1 Å². The van der Waals surface area contributed by atoms with Gasteiger partial charge in [-0.05, 0) is 60.8 Å². The molecular formula is C26H30FN3O7S3. The van der Waals surface area contributed by atoms with Crippen molar-refractivity contribution in [2.24, 2.45) is 5.92 Å². The SMILES string of the molecule is C[C@@H]1CN([C@H](C)CO)C(=O)c2cc(NS(=O)(=O)c3ccc(F)cc3)ccc2O[C@@H]1CN(C)S(=O)(=O)c1cccs1. The lowest BCUT2D eigenvalue weighted by Crippen LogP contribution is -2.50. The highest BCUT2D eigenvalue weighted by molar-refractivity contribution is 7.92. The highest BCUT2D eigenvalue weighted by Gasteiger charge is 2.35. The van der Waals surface area contributed by atoms with Crippen LogP contribution in [0.2, 0.25) is 0 Å². The van der Waals surface area contributed by atoms with Gasteiger partial charge in [-0.3, -0.25) is 9.52 Å². The molecule has 4 rings (SSSR count). The molecule has 216 valence electrons. The number of likely N-dealkylation sites (N-methyl/N-ethyl adjacent to an activating group) is 1. The first-order chi connectivity index (χ1) is 18.8. The van der Waals surface area contributed by atoms with Crippen LogP contribution >= 0.6 is 11.3 Å². The molecule has 2 N–H and O–H groups in total. The summed E-state index contributed by atoms with van der Waals surface area (Å²) in [5.74, 6) is -1.25. The molecular weight excluding hydrogens is 581 g/mol. The van der Waals surface area contributed by atoms with Gasteiger partial charge in [-0.1, -0.05) is 13.0 Å². The fourth-order valence-corrected chi connectivity index (χ4v) is 7.68. The maximum Gasteiger partial charge on any atom is 0.261 e. The van der Waals surface area contributed by atoms with Crippen molar-refractivity contribution in [1.29, 1.82) is 0 Å². The van der Waals surface area contributed by atoms with Gasteiger partial charge in [-0.2, -0.15) is 4.31 Å². The number of hydrogen-bond donors (Lipinski definition) is 2. The number of aliphatic hydroxyl groups is 1. The molecule has 1 amide bonds.